The van der Waals surface area contributed by atoms with E-state index >= 15 is 0 Å². The maximum absolute atomic E-state index is 5.61. The summed E-state index contributed by atoms with van der Waals surface area (Å²) in [7, 11) is 0. The first kappa shape index (κ1) is 8.95. The lowest BCUT2D eigenvalue weighted by molar-refractivity contribution is 1.21. The Bertz CT molecular complexity index is 183. The second-order valence-corrected chi connectivity index (χ2v) is 2.40. The molecule has 0 saturated carbocycles. The van der Waals surface area contributed by atoms with Gasteiger partial charge in [-0.15, -0.1) is 0 Å². The van der Waals surface area contributed by atoms with Gasteiger partial charge in [0.1, 0.15) is 0 Å². The standard InChI is InChI=1S/C8H14N2/c1-6(2)8(9)5-7(3)10-4/h5H,4,9H2,1-3H3/b7-5-. The fourth-order valence-electron chi connectivity index (χ4n) is 0.415. The molecular weight excluding hydrogens is 124 g/mol. The van der Waals surface area contributed by atoms with Gasteiger partial charge in [0.15, 0.2) is 0 Å². The van der Waals surface area contributed by atoms with Crippen LogP contribution in [0.2, 0.25) is 0 Å². The topological polar surface area (TPSA) is 38.4 Å². The first-order chi connectivity index (χ1) is 4.57. The largest absolute Gasteiger partial charge is 0.399 e. The molecule has 0 aromatic heterocycles. The van der Waals surface area contributed by atoms with Crippen molar-refractivity contribution in [2.75, 3.05) is 0 Å². The average Bonchev–Trinajstić information content (AvgIpc) is 1.87. The van der Waals surface area contributed by atoms with E-state index in [-0.39, 0.29) is 0 Å². The summed E-state index contributed by atoms with van der Waals surface area (Å²) < 4.78 is 0. The Labute approximate surface area is 62.1 Å². The highest BCUT2D eigenvalue weighted by Gasteiger charge is 1.87. The van der Waals surface area contributed by atoms with Gasteiger partial charge in [-0.2, -0.15) is 0 Å². The molecule has 0 aliphatic heterocycles. The van der Waals surface area contributed by atoms with Crippen molar-refractivity contribution in [3.8, 4) is 0 Å². The Kier molecular flexibility index (Phi) is 3.47. The summed E-state index contributed by atoms with van der Waals surface area (Å²) in [6.45, 7) is 9.16. The summed E-state index contributed by atoms with van der Waals surface area (Å²) in [5, 5.41) is 0. The molecule has 0 atom stereocenters. The number of allylic oxidation sites excluding steroid dienone is 3. The Morgan fingerprint density at radius 2 is 1.90 bits per heavy atom. The summed E-state index contributed by atoms with van der Waals surface area (Å²) in [5.41, 5.74) is 8.32. The number of nitrogens with two attached hydrogens (primary N) is 1. The van der Waals surface area contributed by atoms with Crippen molar-refractivity contribution in [3.63, 3.8) is 0 Å². The van der Waals surface area contributed by atoms with Crippen LogP contribution in [0.5, 0.6) is 0 Å². The lowest BCUT2D eigenvalue weighted by atomic mass is 10.2. The van der Waals surface area contributed by atoms with E-state index < -0.39 is 0 Å². The van der Waals surface area contributed by atoms with Crippen LogP contribution >= 0.6 is 0 Å². The van der Waals surface area contributed by atoms with E-state index in [1.165, 1.54) is 0 Å². The molecule has 0 amide bonds. The summed E-state index contributed by atoms with van der Waals surface area (Å²) in [4.78, 5) is 3.71. The molecule has 0 saturated heterocycles. The zero-order valence-corrected chi connectivity index (χ0v) is 6.81. The maximum atomic E-state index is 5.61. The van der Waals surface area contributed by atoms with Gasteiger partial charge < -0.3 is 5.73 Å². The second-order valence-electron chi connectivity index (χ2n) is 2.40. The minimum Gasteiger partial charge on any atom is -0.399 e. The monoisotopic (exact) mass is 138 g/mol. The van der Waals surface area contributed by atoms with Crippen molar-refractivity contribution in [1.29, 1.82) is 0 Å². The SMILES string of the molecule is C=N/C(C)=C\C(N)=C(C)C. The van der Waals surface area contributed by atoms with E-state index in [1.54, 1.807) is 0 Å². The van der Waals surface area contributed by atoms with Gasteiger partial charge in [-0.25, -0.2) is 0 Å². The smallest absolute Gasteiger partial charge is 0.0385 e. The van der Waals surface area contributed by atoms with E-state index in [4.69, 9.17) is 5.73 Å². The van der Waals surface area contributed by atoms with E-state index in [0.29, 0.717) is 0 Å². The number of rotatable bonds is 2. The van der Waals surface area contributed by atoms with Crippen LogP contribution in [0.3, 0.4) is 0 Å². The Hall–Kier alpha value is -1.05. The van der Waals surface area contributed by atoms with Crippen molar-refractivity contribution < 1.29 is 0 Å². The van der Waals surface area contributed by atoms with E-state index in [2.05, 4.69) is 11.7 Å². The molecule has 0 heterocycles. The van der Waals surface area contributed by atoms with Crippen LogP contribution < -0.4 is 5.73 Å². The number of nitrogens with zero attached hydrogens (tertiary/aromatic N) is 1. The molecule has 0 aliphatic carbocycles. The minimum absolute atomic E-state index is 0.768. The molecule has 0 bridgehead atoms. The minimum atomic E-state index is 0.768. The van der Waals surface area contributed by atoms with Gasteiger partial charge in [0.25, 0.3) is 0 Å². The van der Waals surface area contributed by atoms with Crippen LogP contribution in [0.15, 0.2) is 28.0 Å². The molecule has 0 rings (SSSR count). The van der Waals surface area contributed by atoms with Gasteiger partial charge in [-0.1, -0.05) is 5.57 Å². The third kappa shape index (κ3) is 3.07. The zero-order chi connectivity index (χ0) is 8.15. The van der Waals surface area contributed by atoms with Crippen LogP contribution in [0.1, 0.15) is 20.8 Å². The Balaban J connectivity index is 4.42. The second kappa shape index (κ2) is 3.88. The summed E-state index contributed by atoms with van der Waals surface area (Å²) in [6.07, 6.45) is 1.81. The molecule has 10 heavy (non-hydrogen) atoms. The van der Waals surface area contributed by atoms with E-state index in [1.807, 2.05) is 26.8 Å². The van der Waals surface area contributed by atoms with Gasteiger partial charge in [0.2, 0.25) is 0 Å². The fourth-order valence-corrected chi connectivity index (χ4v) is 0.415. The Morgan fingerprint density at radius 3 is 2.20 bits per heavy atom. The average molecular weight is 138 g/mol. The maximum Gasteiger partial charge on any atom is 0.0385 e. The van der Waals surface area contributed by atoms with Crippen LogP contribution in [0.25, 0.3) is 0 Å². The third-order valence-electron chi connectivity index (χ3n) is 1.19. The molecule has 0 unspecified atom stereocenters. The van der Waals surface area contributed by atoms with Crippen molar-refractivity contribution in [2.24, 2.45) is 10.7 Å². The molecule has 2 heteroatoms. The van der Waals surface area contributed by atoms with Crippen molar-refractivity contribution in [2.45, 2.75) is 20.8 Å². The van der Waals surface area contributed by atoms with E-state index in [9.17, 15) is 0 Å². The third-order valence-corrected chi connectivity index (χ3v) is 1.19. The molecule has 0 radical (unpaired) electrons. The van der Waals surface area contributed by atoms with Crippen LogP contribution in [-0.2, 0) is 0 Å². The highest BCUT2D eigenvalue weighted by atomic mass is 14.7. The predicted molar refractivity (Wildman–Crippen MR) is 45.9 cm³/mol. The van der Waals surface area contributed by atoms with Gasteiger partial charge in [0.05, 0.1) is 0 Å². The summed E-state index contributed by atoms with van der Waals surface area (Å²) in [5.74, 6) is 0. The molecule has 56 valence electrons. The molecule has 2 N–H and O–H groups in total. The summed E-state index contributed by atoms with van der Waals surface area (Å²) >= 11 is 0. The van der Waals surface area contributed by atoms with Crippen molar-refractivity contribution in [3.05, 3.63) is 23.0 Å². The number of aliphatic imine (C=N–C) groups is 1. The van der Waals surface area contributed by atoms with Gasteiger partial charge in [-0.05, 0) is 33.6 Å². The van der Waals surface area contributed by atoms with Crippen molar-refractivity contribution in [1.82, 2.24) is 0 Å². The van der Waals surface area contributed by atoms with Crippen molar-refractivity contribution >= 4 is 6.72 Å². The molecule has 0 aromatic rings. The lowest BCUT2D eigenvalue weighted by Gasteiger charge is -1.96. The van der Waals surface area contributed by atoms with Gasteiger partial charge >= 0.3 is 0 Å². The van der Waals surface area contributed by atoms with E-state index in [0.717, 1.165) is 17.0 Å². The zero-order valence-electron chi connectivity index (χ0n) is 6.81. The van der Waals surface area contributed by atoms with Gasteiger partial charge in [-0.3, -0.25) is 4.99 Å². The van der Waals surface area contributed by atoms with Crippen LogP contribution in [-0.4, -0.2) is 6.72 Å². The summed E-state index contributed by atoms with van der Waals surface area (Å²) in [6, 6.07) is 0. The number of hydrogen-bond donors (Lipinski definition) is 1. The Morgan fingerprint density at radius 1 is 1.40 bits per heavy atom. The molecule has 0 aliphatic rings. The normalized spacial score (nSPS) is 10.9. The number of hydrogen-bond acceptors (Lipinski definition) is 2. The molecule has 0 spiro atoms. The lowest BCUT2D eigenvalue weighted by Crippen LogP contribution is -1.95. The first-order valence-corrected chi connectivity index (χ1v) is 3.16. The fraction of sp³-hybridized carbons (Fsp3) is 0.375. The highest BCUT2D eigenvalue weighted by Crippen LogP contribution is 2.01. The predicted octanol–water partition coefficient (Wildman–Crippen LogP) is 1.84. The molecule has 0 fully saturated rings. The van der Waals surface area contributed by atoms with Crippen LogP contribution in [0, 0.1) is 0 Å². The quantitative estimate of drug-likeness (QED) is 0.459. The highest BCUT2D eigenvalue weighted by molar-refractivity contribution is 5.31. The first-order valence-electron chi connectivity index (χ1n) is 3.16. The van der Waals surface area contributed by atoms with Gasteiger partial charge in [0, 0.05) is 11.4 Å². The molecule has 0 aromatic carbocycles. The molecular formula is C8H14N2. The molecule has 2 nitrogen and oxygen atoms in total. The van der Waals surface area contributed by atoms with Crippen LogP contribution in [0.4, 0.5) is 0 Å².